The number of benzene rings is 3. The predicted molar refractivity (Wildman–Crippen MR) is 201 cm³/mol. The van der Waals surface area contributed by atoms with Gasteiger partial charge in [0.05, 0.1) is 37.6 Å². The van der Waals surface area contributed by atoms with Crippen LogP contribution in [-0.4, -0.2) is 109 Å². The van der Waals surface area contributed by atoms with E-state index in [1.807, 2.05) is 24.9 Å². The summed E-state index contributed by atoms with van der Waals surface area (Å²) in [4.78, 5) is 32.0. The van der Waals surface area contributed by atoms with Gasteiger partial charge in [0.25, 0.3) is 0 Å². The zero-order chi connectivity index (χ0) is 39.4. The van der Waals surface area contributed by atoms with Gasteiger partial charge in [-0.3, -0.25) is 15.1 Å². The lowest BCUT2D eigenvalue weighted by atomic mass is 9.73. The summed E-state index contributed by atoms with van der Waals surface area (Å²) in [6, 6.07) is 2.41. The lowest BCUT2D eigenvalue weighted by Gasteiger charge is -2.62. The minimum Gasteiger partial charge on any atom is -0.504 e. The molecule has 4 N–H and O–H groups in total. The first-order valence-electron chi connectivity index (χ1n) is 18.3. The van der Waals surface area contributed by atoms with Crippen LogP contribution >= 0.6 is 23.4 Å². The Labute approximate surface area is 331 Å². The van der Waals surface area contributed by atoms with Crippen LogP contribution in [0.5, 0.6) is 40.2 Å². The van der Waals surface area contributed by atoms with Crippen molar-refractivity contribution in [3.05, 3.63) is 62.7 Å². The van der Waals surface area contributed by atoms with Crippen LogP contribution in [0.15, 0.2) is 18.2 Å². The number of rotatable bonds is 4. The summed E-state index contributed by atoms with van der Waals surface area (Å²) in [6.45, 7) is 3.70. The number of hydrogen-bond donors (Lipinski definition) is 4. The summed E-state index contributed by atoms with van der Waals surface area (Å²) in [6.07, 6.45) is -1.15. The van der Waals surface area contributed by atoms with Gasteiger partial charge in [0, 0.05) is 40.6 Å². The van der Waals surface area contributed by atoms with Gasteiger partial charge in [0.2, 0.25) is 6.79 Å². The van der Waals surface area contributed by atoms with E-state index in [1.165, 1.54) is 26.0 Å². The first kappa shape index (κ1) is 37.3. The third kappa shape index (κ3) is 5.19. The molecule has 2 saturated heterocycles. The number of methoxy groups -OCH3 is 2. The number of aliphatic hydroxyl groups excluding tert-OH is 1. The van der Waals surface area contributed by atoms with E-state index >= 15 is 0 Å². The Morgan fingerprint density at radius 3 is 2.59 bits per heavy atom. The van der Waals surface area contributed by atoms with E-state index in [0.717, 1.165) is 16.7 Å². The van der Waals surface area contributed by atoms with Crippen LogP contribution in [0, 0.1) is 13.8 Å². The number of alkyl halides is 1. The molecule has 298 valence electrons. The lowest BCUT2D eigenvalue weighted by Crippen LogP contribution is -2.70. The molecule has 15 nitrogen and oxygen atoms in total. The smallest absolute Gasteiger partial charge is 0.504 e. The number of fused-ring (bicyclic) bond motifs is 9. The number of aryl methyl sites for hydroxylation is 1. The second kappa shape index (κ2) is 13.7. The monoisotopic (exact) mass is 811 g/mol. The van der Waals surface area contributed by atoms with Crippen molar-refractivity contribution in [3.63, 3.8) is 0 Å². The maximum atomic E-state index is 14.7. The van der Waals surface area contributed by atoms with E-state index in [4.69, 9.17) is 44.8 Å². The van der Waals surface area contributed by atoms with Crippen molar-refractivity contribution in [3.8, 4) is 40.2 Å². The second-order valence-corrected chi connectivity index (χ2v) is 16.3. The van der Waals surface area contributed by atoms with Crippen molar-refractivity contribution >= 4 is 35.5 Å². The first-order valence-corrected chi connectivity index (χ1v) is 19.9. The number of ether oxygens (including phenoxy) is 7. The molecule has 7 aliphatic heterocycles. The zero-order valence-electron chi connectivity index (χ0n) is 31.3. The predicted octanol–water partition coefficient (Wildman–Crippen LogP) is 4.20. The van der Waals surface area contributed by atoms with Gasteiger partial charge in [-0.25, -0.2) is 9.59 Å². The van der Waals surface area contributed by atoms with Gasteiger partial charge < -0.3 is 48.5 Å². The Morgan fingerprint density at radius 1 is 1.05 bits per heavy atom. The molecule has 3 aromatic carbocycles. The van der Waals surface area contributed by atoms with Crippen molar-refractivity contribution < 1.29 is 58.1 Å². The quantitative estimate of drug-likeness (QED) is 0.167. The molecule has 1 spiro atoms. The van der Waals surface area contributed by atoms with Crippen molar-refractivity contribution in [1.82, 2.24) is 15.1 Å². The lowest BCUT2D eigenvalue weighted by molar-refractivity contribution is -0.186. The largest absolute Gasteiger partial charge is 0.515 e. The molecule has 3 aromatic rings. The molecule has 0 aromatic heterocycles. The van der Waals surface area contributed by atoms with E-state index < -0.39 is 59.4 Å². The second-order valence-electron chi connectivity index (χ2n) is 14.9. The number of thioether (sulfide) groups is 1. The fourth-order valence-electron chi connectivity index (χ4n) is 10.0. The van der Waals surface area contributed by atoms with E-state index in [-0.39, 0.29) is 42.2 Å². The third-order valence-corrected chi connectivity index (χ3v) is 14.0. The molecule has 7 heterocycles. The number of esters is 1. The van der Waals surface area contributed by atoms with Gasteiger partial charge in [-0.05, 0) is 68.1 Å². The number of aromatic hydroxyl groups is 2. The molecule has 17 heteroatoms. The van der Waals surface area contributed by atoms with Crippen molar-refractivity contribution in [2.24, 2.45) is 0 Å². The maximum Gasteiger partial charge on any atom is 0.515 e. The van der Waals surface area contributed by atoms with Crippen molar-refractivity contribution in [2.45, 2.75) is 67.9 Å². The number of halogens is 1. The summed E-state index contributed by atoms with van der Waals surface area (Å²) >= 11 is 7.23. The van der Waals surface area contributed by atoms with Gasteiger partial charge in [0.1, 0.15) is 18.6 Å². The minimum absolute atomic E-state index is 0.00837. The normalized spacial score (nSPS) is 28.7. The SMILES string of the molecule is COc1cc2c(cc1O)CCNC21CSC2c3c(OC(=O)OCCl)c(C)c4c(c3C(COC1=O)N1C(O)C3Cc5cc(C)c(OC)c(O)c5C(C21)N3C)OCO4. The molecule has 56 heavy (non-hydrogen) atoms. The Kier molecular flexibility index (Phi) is 9.09. The van der Waals surface area contributed by atoms with Crippen LogP contribution in [0.25, 0.3) is 0 Å². The molecule has 10 rings (SSSR count). The molecule has 0 aliphatic carbocycles. The van der Waals surface area contributed by atoms with Crippen molar-refractivity contribution in [2.75, 3.05) is 53.0 Å². The topological polar surface area (TPSA) is 178 Å². The number of nitrogens with zero attached hydrogens (tertiary/aromatic N) is 2. The Bertz CT molecular complexity index is 2170. The number of nitrogens with one attached hydrogen (secondary N) is 1. The standard InChI is InChI=1S/C39H42ClN3O12S/c1-16-8-19-9-21-36(46)43-22-12-51-37(47)39(20-11-24(49-4)23(44)10-18(20)6-7-41-39)13-56-35(29(43)28(42(21)3)25(19)30(45)31(16)50-5)27-26(22)34-33(53-15-54-34)17(2)32(27)55-38(48)52-14-40/h8,10-11,21-22,28-29,35-36,41,44-46H,6-7,9,12-15H2,1-5H3. The summed E-state index contributed by atoms with van der Waals surface area (Å²) in [5.41, 5.74) is 3.88. The number of phenols is 2. The Hall–Kier alpha value is -4.32. The fourth-order valence-corrected chi connectivity index (χ4v) is 11.8. The molecule has 0 radical (unpaired) electrons. The van der Waals surface area contributed by atoms with Gasteiger partial charge >= 0.3 is 12.1 Å². The van der Waals surface area contributed by atoms with E-state index in [0.29, 0.717) is 64.5 Å². The van der Waals surface area contributed by atoms with Crippen LogP contribution in [0.4, 0.5) is 4.79 Å². The zero-order valence-corrected chi connectivity index (χ0v) is 32.9. The number of aliphatic hydroxyl groups is 1. The molecular formula is C39H42ClN3O12S. The average Bonchev–Trinajstić information content (AvgIpc) is 3.67. The number of phenolic OH excluding ortho intramolecular Hbond substituents is 2. The van der Waals surface area contributed by atoms with Gasteiger partial charge in [-0.2, -0.15) is 0 Å². The van der Waals surface area contributed by atoms with E-state index in [1.54, 1.807) is 19.1 Å². The first-order chi connectivity index (χ1) is 26.9. The highest BCUT2D eigenvalue weighted by Crippen LogP contribution is 2.64. The van der Waals surface area contributed by atoms with E-state index in [2.05, 4.69) is 10.2 Å². The van der Waals surface area contributed by atoms with Crippen LogP contribution in [0.1, 0.15) is 61.8 Å². The molecule has 7 atom stereocenters. The highest BCUT2D eigenvalue weighted by atomic mass is 35.5. The molecule has 4 bridgehead atoms. The molecular weight excluding hydrogens is 770 g/mol. The molecule has 7 aliphatic rings. The summed E-state index contributed by atoms with van der Waals surface area (Å²) in [5, 5.41) is 38.2. The van der Waals surface area contributed by atoms with Crippen LogP contribution < -0.4 is 29.0 Å². The van der Waals surface area contributed by atoms with Crippen LogP contribution in [0.3, 0.4) is 0 Å². The molecule has 2 fully saturated rings. The minimum atomic E-state index is -1.40. The summed E-state index contributed by atoms with van der Waals surface area (Å²) in [7, 11) is 4.90. The molecule has 0 saturated carbocycles. The van der Waals surface area contributed by atoms with Gasteiger partial charge in [-0.1, -0.05) is 17.7 Å². The fraction of sp³-hybridized carbons (Fsp3) is 0.487. The number of piperazine rings is 1. The highest BCUT2D eigenvalue weighted by Gasteiger charge is 2.61. The Balaban J connectivity index is 1.32. The third-order valence-electron chi connectivity index (χ3n) is 12.4. The van der Waals surface area contributed by atoms with Gasteiger partial charge in [-0.15, -0.1) is 11.8 Å². The van der Waals surface area contributed by atoms with Crippen LogP contribution in [0.2, 0.25) is 0 Å². The van der Waals surface area contributed by atoms with Gasteiger partial charge in [0.15, 0.2) is 46.1 Å². The summed E-state index contributed by atoms with van der Waals surface area (Å²) in [5.74, 6) is 1.00. The molecule has 0 amide bonds. The molecule has 7 unspecified atom stereocenters. The summed E-state index contributed by atoms with van der Waals surface area (Å²) < 4.78 is 40.9. The number of carbonyl (C=O) groups excluding carboxylic acids is 2. The number of hydrogen-bond acceptors (Lipinski definition) is 16. The Morgan fingerprint density at radius 2 is 1.84 bits per heavy atom. The highest BCUT2D eigenvalue weighted by molar-refractivity contribution is 7.99. The maximum absolute atomic E-state index is 14.7. The number of likely N-dealkylation sites (N-methyl/N-ethyl adjacent to an activating group) is 1. The van der Waals surface area contributed by atoms with Crippen molar-refractivity contribution in [1.29, 1.82) is 0 Å². The van der Waals surface area contributed by atoms with E-state index in [9.17, 15) is 24.9 Å². The number of carbonyl (C=O) groups is 2. The van der Waals surface area contributed by atoms with Crippen LogP contribution in [-0.2, 0) is 32.6 Å². The average molecular weight is 812 g/mol.